The van der Waals surface area contributed by atoms with Crippen molar-refractivity contribution in [2.45, 2.75) is 25.8 Å². The molecule has 2 fully saturated rings. The smallest absolute Gasteiger partial charge is 0.319 e. The number of carbonyl (C=O) groups is 1. The molecule has 2 aliphatic heterocycles. The molecule has 10 nitrogen and oxygen atoms in total. The Morgan fingerprint density at radius 1 is 1.02 bits per heavy atom. The van der Waals surface area contributed by atoms with E-state index < -0.39 is 0 Å². The number of piperazine rings is 1. The highest BCUT2D eigenvalue weighted by Crippen LogP contribution is 2.27. The highest BCUT2D eigenvalue weighted by Gasteiger charge is 2.27. The SMILES string of the molecule is C=CC(=O)N1CCN(c2nc(OC[C@@H]3CCCN3C)nc3c(=O)n(-c4cccc5ccccc45)c(C)nc23)CC1. The maximum absolute atomic E-state index is 14.2. The maximum Gasteiger partial charge on any atom is 0.319 e. The van der Waals surface area contributed by atoms with Gasteiger partial charge in [0.1, 0.15) is 17.9 Å². The van der Waals surface area contributed by atoms with Crippen molar-refractivity contribution in [2.75, 3.05) is 51.3 Å². The first-order valence-electron chi connectivity index (χ1n) is 13.7. The topological polar surface area (TPSA) is 96.7 Å². The molecule has 0 spiro atoms. The number of fused-ring (bicyclic) bond motifs is 2. The molecule has 0 saturated carbocycles. The number of likely N-dealkylation sites (tertiary alicyclic amines) is 1. The van der Waals surface area contributed by atoms with Gasteiger partial charge >= 0.3 is 6.01 Å². The van der Waals surface area contributed by atoms with Gasteiger partial charge in [-0.2, -0.15) is 9.97 Å². The summed E-state index contributed by atoms with van der Waals surface area (Å²) in [4.78, 5) is 46.7. The number of likely N-dealkylation sites (N-methyl/N-ethyl adjacent to an activating group) is 1. The van der Waals surface area contributed by atoms with E-state index in [1.165, 1.54) is 6.08 Å². The summed E-state index contributed by atoms with van der Waals surface area (Å²) < 4.78 is 7.76. The first kappa shape index (κ1) is 25.9. The van der Waals surface area contributed by atoms with Crippen molar-refractivity contribution in [3.8, 4) is 11.7 Å². The highest BCUT2D eigenvalue weighted by molar-refractivity contribution is 5.91. The van der Waals surface area contributed by atoms with Gasteiger partial charge in [-0.15, -0.1) is 0 Å². The van der Waals surface area contributed by atoms with Crippen LogP contribution in [0.25, 0.3) is 27.5 Å². The number of carbonyl (C=O) groups excluding carboxylic acids is 1. The third kappa shape index (κ3) is 4.68. The molecule has 40 heavy (non-hydrogen) atoms. The zero-order valence-corrected chi connectivity index (χ0v) is 22.9. The lowest BCUT2D eigenvalue weighted by molar-refractivity contribution is -0.126. The van der Waals surface area contributed by atoms with E-state index in [1.807, 2.05) is 49.4 Å². The van der Waals surface area contributed by atoms with Crippen molar-refractivity contribution in [3.63, 3.8) is 0 Å². The van der Waals surface area contributed by atoms with E-state index in [9.17, 15) is 9.59 Å². The number of amides is 1. The predicted molar refractivity (Wildman–Crippen MR) is 155 cm³/mol. The van der Waals surface area contributed by atoms with Gasteiger partial charge in [0, 0.05) is 37.6 Å². The van der Waals surface area contributed by atoms with Crippen LogP contribution in [0.3, 0.4) is 0 Å². The van der Waals surface area contributed by atoms with Gasteiger partial charge in [-0.3, -0.25) is 14.2 Å². The van der Waals surface area contributed by atoms with Crippen LogP contribution in [0.4, 0.5) is 5.82 Å². The Bertz CT molecular complexity index is 1650. The van der Waals surface area contributed by atoms with E-state index in [-0.39, 0.29) is 29.0 Å². The van der Waals surface area contributed by atoms with Crippen LogP contribution < -0.4 is 15.2 Å². The minimum atomic E-state index is -0.272. The third-order valence-electron chi connectivity index (χ3n) is 8.00. The van der Waals surface area contributed by atoms with E-state index >= 15 is 0 Å². The van der Waals surface area contributed by atoms with E-state index in [0.717, 1.165) is 35.8 Å². The lowest BCUT2D eigenvalue weighted by atomic mass is 10.1. The number of aromatic nitrogens is 4. The fourth-order valence-electron chi connectivity index (χ4n) is 5.74. The van der Waals surface area contributed by atoms with Crippen LogP contribution in [0, 0.1) is 6.92 Å². The highest BCUT2D eigenvalue weighted by atomic mass is 16.5. The van der Waals surface area contributed by atoms with Gasteiger partial charge in [0.2, 0.25) is 5.91 Å². The Morgan fingerprint density at radius 3 is 2.55 bits per heavy atom. The molecule has 2 saturated heterocycles. The third-order valence-corrected chi connectivity index (χ3v) is 8.00. The molecular formula is C30H33N7O3. The van der Waals surface area contributed by atoms with Crippen LogP contribution in [0.15, 0.2) is 59.9 Å². The van der Waals surface area contributed by atoms with E-state index in [4.69, 9.17) is 14.7 Å². The standard InChI is InChI=1S/C30H33N7O3/c1-4-25(38)35-15-17-36(18-16-35)28-26-27(32-30(33-28)40-19-22-11-8-14-34(22)3)29(39)37(20(2)31-26)24-13-7-10-21-9-5-6-12-23(21)24/h4-7,9-10,12-13,22H,1,8,11,14-19H2,2-3H3/t22-/m0/s1. The van der Waals surface area contributed by atoms with Crippen LogP contribution in [0.5, 0.6) is 6.01 Å². The lowest BCUT2D eigenvalue weighted by Gasteiger charge is -2.35. The Balaban J connectivity index is 1.46. The van der Waals surface area contributed by atoms with E-state index in [0.29, 0.717) is 49.9 Å². The van der Waals surface area contributed by atoms with Gasteiger partial charge in [-0.25, -0.2) is 4.98 Å². The van der Waals surface area contributed by atoms with Crippen molar-refractivity contribution in [1.29, 1.82) is 0 Å². The molecule has 206 valence electrons. The number of ether oxygens (including phenoxy) is 1. The quantitative estimate of drug-likeness (QED) is 0.345. The number of hydrogen-bond donors (Lipinski definition) is 0. The van der Waals surface area contributed by atoms with Crippen molar-refractivity contribution >= 4 is 33.5 Å². The molecule has 0 unspecified atom stereocenters. The molecule has 10 heteroatoms. The van der Waals surface area contributed by atoms with Gasteiger partial charge < -0.3 is 19.4 Å². The van der Waals surface area contributed by atoms with Gasteiger partial charge in [0.05, 0.1) is 5.69 Å². The first-order valence-corrected chi connectivity index (χ1v) is 13.7. The summed E-state index contributed by atoms with van der Waals surface area (Å²) in [7, 11) is 2.09. The number of aryl methyl sites for hydroxylation is 1. The second kappa shape index (κ2) is 10.7. The van der Waals surface area contributed by atoms with Gasteiger partial charge in [-0.05, 0) is 50.9 Å². The second-order valence-corrected chi connectivity index (χ2v) is 10.4. The number of nitrogens with zero attached hydrogens (tertiary/aromatic N) is 7. The number of benzene rings is 2. The Kier molecular flexibility index (Phi) is 6.93. The molecule has 0 bridgehead atoms. The number of hydrogen-bond acceptors (Lipinski definition) is 8. The van der Waals surface area contributed by atoms with Gasteiger partial charge in [0.25, 0.3) is 5.56 Å². The van der Waals surface area contributed by atoms with Gasteiger partial charge in [-0.1, -0.05) is 43.0 Å². The van der Waals surface area contributed by atoms with Crippen LogP contribution in [0.2, 0.25) is 0 Å². The molecule has 4 aromatic rings. The molecule has 2 aromatic heterocycles. The normalized spacial score (nSPS) is 18.0. The average molecular weight is 540 g/mol. The molecule has 4 heterocycles. The van der Waals surface area contributed by atoms with Crippen LogP contribution in [-0.2, 0) is 4.79 Å². The second-order valence-electron chi connectivity index (χ2n) is 10.4. The maximum atomic E-state index is 14.2. The summed E-state index contributed by atoms with van der Waals surface area (Å²) in [6.07, 6.45) is 3.51. The fraction of sp³-hybridized carbons (Fsp3) is 0.367. The first-order chi connectivity index (χ1) is 19.4. The average Bonchev–Trinajstić information content (AvgIpc) is 3.40. The predicted octanol–water partition coefficient (Wildman–Crippen LogP) is 2.94. The number of rotatable bonds is 6. The zero-order chi connectivity index (χ0) is 27.8. The summed E-state index contributed by atoms with van der Waals surface area (Å²) >= 11 is 0. The molecule has 6 rings (SSSR count). The van der Waals surface area contributed by atoms with Crippen molar-refractivity contribution in [3.05, 3.63) is 71.3 Å². The summed E-state index contributed by atoms with van der Waals surface area (Å²) in [5.41, 5.74) is 1.13. The fourth-order valence-corrected chi connectivity index (χ4v) is 5.74. The zero-order valence-electron chi connectivity index (χ0n) is 22.9. The molecule has 0 aliphatic carbocycles. The molecule has 0 N–H and O–H groups in total. The summed E-state index contributed by atoms with van der Waals surface area (Å²) in [5, 5.41) is 1.99. The van der Waals surface area contributed by atoms with Crippen molar-refractivity contribution < 1.29 is 9.53 Å². The summed E-state index contributed by atoms with van der Waals surface area (Å²) in [6.45, 7) is 9.04. The molecule has 0 radical (unpaired) electrons. The molecular weight excluding hydrogens is 506 g/mol. The van der Waals surface area contributed by atoms with Gasteiger partial charge in [0.15, 0.2) is 11.3 Å². The van der Waals surface area contributed by atoms with Crippen molar-refractivity contribution in [1.82, 2.24) is 29.3 Å². The van der Waals surface area contributed by atoms with Crippen LogP contribution >= 0.6 is 0 Å². The minimum Gasteiger partial charge on any atom is -0.462 e. The Morgan fingerprint density at radius 2 is 1.80 bits per heavy atom. The largest absolute Gasteiger partial charge is 0.462 e. The Labute approximate surface area is 232 Å². The van der Waals surface area contributed by atoms with Crippen LogP contribution in [0.1, 0.15) is 18.7 Å². The van der Waals surface area contributed by atoms with E-state index in [2.05, 4.69) is 28.4 Å². The van der Waals surface area contributed by atoms with Crippen molar-refractivity contribution in [2.24, 2.45) is 0 Å². The minimum absolute atomic E-state index is 0.0937. The molecule has 1 amide bonds. The number of anilines is 1. The molecule has 1 atom stereocenters. The van der Waals surface area contributed by atoms with E-state index in [1.54, 1.807) is 9.47 Å². The molecule has 2 aliphatic rings. The lowest BCUT2D eigenvalue weighted by Crippen LogP contribution is -2.48. The monoisotopic (exact) mass is 539 g/mol. The molecule has 2 aromatic carbocycles. The summed E-state index contributed by atoms with van der Waals surface area (Å²) in [6, 6.07) is 14.3. The Hall–Kier alpha value is -4.31. The van der Waals surface area contributed by atoms with Crippen LogP contribution in [-0.4, -0.2) is 87.6 Å². The summed E-state index contributed by atoms with van der Waals surface area (Å²) in [5.74, 6) is 1.00.